The maximum Gasteiger partial charge on any atom is 0.232 e. The molecule has 0 radical (unpaired) electrons. The number of nitrogens with one attached hydrogen (secondary N) is 2. The Bertz CT molecular complexity index is 812. The molecule has 0 bridgehead atoms. The Kier molecular flexibility index (Phi) is 4.83. The number of amides is 2. The van der Waals surface area contributed by atoms with Crippen molar-refractivity contribution in [2.75, 3.05) is 5.32 Å². The van der Waals surface area contributed by atoms with Gasteiger partial charge in [0, 0.05) is 18.7 Å². The Hall–Kier alpha value is -2.70. The molecule has 0 fully saturated rings. The van der Waals surface area contributed by atoms with E-state index in [1.807, 2.05) is 30.5 Å². The molecule has 1 aromatic carbocycles. The van der Waals surface area contributed by atoms with Gasteiger partial charge in [-0.2, -0.15) is 0 Å². The van der Waals surface area contributed by atoms with Crippen LogP contribution in [0.5, 0.6) is 0 Å². The Labute approximate surface area is 146 Å². The van der Waals surface area contributed by atoms with Gasteiger partial charge in [-0.15, -0.1) is 10.2 Å². The van der Waals surface area contributed by atoms with Gasteiger partial charge >= 0.3 is 0 Å². The number of hydrogen-bond acceptors (Lipinski definition) is 4. The van der Waals surface area contributed by atoms with Gasteiger partial charge in [-0.3, -0.25) is 9.59 Å². The van der Waals surface area contributed by atoms with Crippen molar-refractivity contribution >= 4 is 17.5 Å². The van der Waals surface area contributed by atoms with Gasteiger partial charge in [0.05, 0.1) is 12.5 Å². The zero-order chi connectivity index (χ0) is 18.0. The molecule has 2 aromatic rings. The lowest BCUT2D eigenvalue weighted by atomic mass is 9.94. The normalized spacial score (nSPS) is 15.8. The second kappa shape index (κ2) is 7.04. The number of nitrogens with zero attached hydrogens (tertiary/aromatic N) is 3. The molecular formula is C18H23N5O2. The first-order valence-electron chi connectivity index (χ1n) is 8.55. The number of carbonyl (C=O) groups is 2. The predicted octanol–water partition coefficient (Wildman–Crippen LogP) is 2.05. The molecule has 132 valence electrons. The largest absolute Gasteiger partial charge is 0.349 e. The van der Waals surface area contributed by atoms with Crippen LogP contribution in [0.4, 0.5) is 5.69 Å². The zero-order valence-corrected chi connectivity index (χ0v) is 14.8. The zero-order valence-electron chi connectivity index (χ0n) is 14.8. The van der Waals surface area contributed by atoms with Gasteiger partial charge in [0.25, 0.3) is 0 Å². The summed E-state index contributed by atoms with van der Waals surface area (Å²) in [6.45, 7) is 7.16. The van der Waals surface area contributed by atoms with Crippen LogP contribution < -0.4 is 10.6 Å². The molecule has 0 aliphatic carbocycles. The minimum absolute atomic E-state index is 0.118. The van der Waals surface area contributed by atoms with Crippen LogP contribution in [-0.2, 0) is 22.7 Å². The fourth-order valence-corrected chi connectivity index (χ4v) is 3.28. The molecule has 0 saturated heterocycles. The second-order valence-electron chi connectivity index (χ2n) is 6.51. The molecule has 7 heteroatoms. The first-order chi connectivity index (χ1) is 12.0. The summed E-state index contributed by atoms with van der Waals surface area (Å²) in [6.07, 6.45) is 2.76. The summed E-state index contributed by atoms with van der Waals surface area (Å²) >= 11 is 0. The molecule has 7 nitrogen and oxygen atoms in total. The summed E-state index contributed by atoms with van der Waals surface area (Å²) in [6, 6.07) is 4.01. The molecule has 1 atom stereocenters. The monoisotopic (exact) mass is 341 g/mol. The third-order valence-electron chi connectivity index (χ3n) is 4.44. The molecule has 2 amide bonds. The number of hydrogen-bond donors (Lipinski definition) is 2. The standard InChI is InChI=1S/C18H23N5O2/c1-4-5-23-10-20-22-15(23)9-19-16(24)8-14-13-7-11(2)6-12(3)17(13)21-18(14)25/h6-7,10,14H,4-5,8-9H2,1-3H3,(H,19,24)(H,21,25). The summed E-state index contributed by atoms with van der Waals surface area (Å²) in [5.41, 5.74) is 3.87. The van der Waals surface area contributed by atoms with Crippen LogP contribution >= 0.6 is 0 Å². The lowest BCUT2D eigenvalue weighted by Gasteiger charge is -2.11. The van der Waals surface area contributed by atoms with E-state index in [0.29, 0.717) is 6.54 Å². The number of aryl methyl sites for hydroxylation is 3. The smallest absolute Gasteiger partial charge is 0.232 e. The van der Waals surface area contributed by atoms with Crippen LogP contribution in [-0.4, -0.2) is 26.6 Å². The van der Waals surface area contributed by atoms with Crippen LogP contribution in [0.2, 0.25) is 0 Å². The molecule has 1 unspecified atom stereocenters. The molecule has 1 aliphatic heterocycles. The van der Waals surface area contributed by atoms with E-state index in [1.54, 1.807) is 6.33 Å². The highest BCUT2D eigenvalue weighted by Crippen LogP contribution is 2.37. The second-order valence-corrected chi connectivity index (χ2v) is 6.51. The van der Waals surface area contributed by atoms with E-state index in [9.17, 15) is 9.59 Å². The molecule has 0 saturated carbocycles. The summed E-state index contributed by atoms with van der Waals surface area (Å²) in [5.74, 6) is -0.00789. The van der Waals surface area contributed by atoms with Gasteiger partial charge in [0.15, 0.2) is 5.82 Å². The number of carbonyl (C=O) groups excluding carboxylic acids is 2. The van der Waals surface area contributed by atoms with E-state index < -0.39 is 5.92 Å². The predicted molar refractivity (Wildman–Crippen MR) is 94.1 cm³/mol. The molecule has 25 heavy (non-hydrogen) atoms. The van der Waals surface area contributed by atoms with Gasteiger partial charge in [-0.25, -0.2) is 0 Å². The molecule has 2 N–H and O–H groups in total. The molecular weight excluding hydrogens is 318 g/mol. The van der Waals surface area contributed by atoms with E-state index in [2.05, 4.69) is 27.8 Å². The van der Waals surface area contributed by atoms with Crippen molar-refractivity contribution in [1.29, 1.82) is 0 Å². The van der Waals surface area contributed by atoms with Gasteiger partial charge < -0.3 is 15.2 Å². The fraction of sp³-hybridized carbons (Fsp3) is 0.444. The highest BCUT2D eigenvalue weighted by Gasteiger charge is 2.33. The number of anilines is 1. The van der Waals surface area contributed by atoms with Gasteiger partial charge in [0.2, 0.25) is 11.8 Å². The molecule has 1 aliphatic rings. The van der Waals surface area contributed by atoms with Crippen molar-refractivity contribution in [1.82, 2.24) is 20.1 Å². The Morgan fingerprint density at radius 2 is 2.16 bits per heavy atom. The number of aromatic nitrogens is 3. The third kappa shape index (κ3) is 3.55. The Morgan fingerprint density at radius 1 is 1.36 bits per heavy atom. The molecule has 1 aromatic heterocycles. The van der Waals surface area contributed by atoms with E-state index in [0.717, 1.165) is 41.2 Å². The SMILES string of the molecule is CCCn1cnnc1CNC(=O)CC1C(=O)Nc2c(C)cc(C)cc21. The van der Waals surface area contributed by atoms with Crippen molar-refractivity contribution in [3.05, 3.63) is 41.0 Å². The van der Waals surface area contributed by atoms with Crippen molar-refractivity contribution in [2.24, 2.45) is 0 Å². The summed E-state index contributed by atoms with van der Waals surface area (Å²) in [5, 5.41) is 13.7. The van der Waals surface area contributed by atoms with E-state index in [1.165, 1.54) is 0 Å². The van der Waals surface area contributed by atoms with E-state index in [-0.39, 0.29) is 18.2 Å². The number of fused-ring (bicyclic) bond motifs is 1. The topological polar surface area (TPSA) is 88.9 Å². The lowest BCUT2D eigenvalue weighted by Crippen LogP contribution is -2.28. The summed E-state index contributed by atoms with van der Waals surface area (Å²) < 4.78 is 1.92. The van der Waals surface area contributed by atoms with Crippen molar-refractivity contribution in [2.45, 2.75) is 52.6 Å². The first kappa shape index (κ1) is 17.1. The van der Waals surface area contributed by atoms with Crippen molar-refractivity contribution in [3.8, 4) is 0 Å². The molecule has 3 rings (SSSR count). The quantitative estimate of drug-likeness (QED) is 0.841. The van der Waals surface area contributed by atoms with E-state index >= 15 is 0 Å². The third-order valence-corrected chi connectivity index (χ3v) is 4.44. The fourth-order valence-electron chi connectivity index (χ4n) is 3.28. The number of rotatable bonds is 6. The van der Waals surface area contributed by atoms with Crippen LogP contribution in [0.15, 0.2) is 18.5 Å². The van der Waals surface area contributed by atoms with Crippen LogP contribution in [0.25, 0.3) is 0 Å². The van der Waals surface area contributed by atoms with Crippen molar-refractivity contribution in [3.63, 3.8) is 0 Å². The first-order valence-corrected chi connectivity index (χ1v) is 8.55. The molecule has 0 spiro atoms. The van der Waals surface area contributed by atoms with E-state index in [4.69, 9.17) is 0 Å². The number of benzene rings is 1. The van der Waals surface area contributed by atoms with Crippen LogP contribution in [0.3, 0.4) is 0 Å². The Balaban J connectivity index is 1.66. The highest BCUT2D eigenvalue weighted by atomic mass is 16.2. The van der Waals surface area contributed by atoms with Crippen LogP contribution in [0, 0.1) is 13.8 Å². The maximum atomic E-state index is 12.3. The highest BCUT2D eigenvalue weighted by molar-refractivity contribution is 6.05. The average Bonchev–Trinajstić information content (AvgIpc) is 3.12. The molecule has 2 heterocycles. The van der Waals surface area contributed by atoms with Gasteiger partial charge in [-0.05, 0) is 31.4 Å². The summed E-state index contributed by atoms with van der Waals surface area (Å²) in [4.78, 5) is 24.6. The Morgan fingerprint density at radius 3 is 2.92 bits per heavy atom. The minimum atomic E-state index is -0.442. The lowest BCUT2D eigenvalue weighted by molar-refractivity contribution is -0.125. The minimum Gasteiger partial charge on any atom is -0.349 e. The van der Waals surface area contributed by atoms with Crippen molar-refractivity contribution < 1.29 is 9.59 Å². The maximum absolute atomic E-state index is 12.3. The van der Waals surface area contributed by atoms with Crippen LogP contribution in [0.1, 0.15) is 48.2 Å². The average molecular weight is 341 g/mol. The van der Waals surface area contributed by atoms with Gasteiger partial charge in [-0.1, -0.05) is 24.6 Å². The van der Waals surface area contributed by atoms with Gasteiger partial charge in [0.1, 0.15) is 6.33 Å². The summed E-state index contributed by atoms with van der Waals surface area (Å²) in [7, 11) is 0.